The van der Waals surface area contributed by atoms with Crippen molar-refractivity contribution in [3.05, 3.63) is 94.5 Å². The van der Waals surface area contributed by atoms with Crippen LogP contribution in [0, 0.1) is 20.8 Å². The summed E-state index contributed by atoms with van der Waals surface area (Å²) in [5.41, 5.74) is 4.94. The number of esters is 2. The molecule has 3 aromatic carbocycles. The van der Waals surface area contributed by atoms with Crippen LogP contribution in [0.4, 0.5) is 0 Å². The van der Waals surface area contributed by atoms with E-state index in [0.717, 1.165) is 16.7 Å². The van der Waals surface area contributed by atoms with E-state index >= 15 is 0 Å². The van der Waals surface area contributed by atoms with Gasteiger partial charge in [-0.25, -0.2) is 9.59 Å². The lowest BCUT2D eigenvalue weighted by Gasteiger charge is -2.20. The SMILES string of the molecule is Cc1ccc(C(=O)OC[C@H]2O[C@@H](n3nc4cccc(C)c4n3)[C@H](O)[C@@H]2OC(=O)c2ccc(C)cc2)cc1. The van der Waals surface area contributed by atoms with E-state index in [2.05, 4.69) is 10.2 Å². The van der Waals surface area contributed by atoms with Gasteiger partial charge < -0.3 is 19.3 Å². The van der Waals surface area contributed by atoms with Crippen molar-refractivity contribution < 1.29 is 28.9 Å². The Morgan fingerprint density at radius 2 is 1.51 bits per heavy atom. The maximum atomic E-state index is 12.9. The third kappa shape index (κ3) is 5.09. The van der Waals surface area contributed by atoms with Crippen LogP contribution in [0.5, 0.6) is 0 Å². The standard InChI is InChI=1S/C28H27N3O6/c1-16-7-11-19(12-8-16)27(33)35-15-22-25(37-28(34)20-13-9-17(2)10-14-20)24(32)26(36-22)31-29-21-6-4-5-18(3)23(21)30-31/h4-14,22,24-26,32H,15H2,1-3H3/t22-,24-,25-,26-/m1/s1. The fourth-order valence-electron chi connectivity index (χ4n) is 4.21. The summed E-state index contributed by atoms with van der Waals surface area (Å²) in [6.07, 6.45) is -4.43. The molecule has 37 heavy (non-hydrogen) atoms. The van der Waals surface area contributed by atoms with E-state index in [4.69, 9.17) is 14.2 Å². The zero-order chi connectivity index (χ0) is 26.1. The van der Waals surface area contributed by atoms with Gasteiger partial charge in [0.2, 0.25) is 0 Å². The van der Waals surface area contributed by atoms with Crippen molar-refractivity contribution >= 4 is 23.0 Å². The van der Waals surface area contributed by atoms with Crippen LogP contribution in [-0.4, -0.2) is 57.0 Å². The normalized spacial score (nSPS) is 21.2. The molecular weight excluding hydrogens is 474 g/mol. The molecule has 0 aliphatic carbocycles. The maximum absolute atomic E-state index is 12.9. The molecule has 0 bridgehead atoms. The van der Waals surface area contributed by atoms with Gasteiger partial charge in [0.15, 0.2) is 12.3 Å². The number of ether oxygens (including phenoxy) is 3. The molecule has 0 radical (unpaired) electrons. The Morgan fingerprint density at radius 3 is 2.14 bits per heavy atom. The molecule has 9 nitrogen and oxygen atoms in total. The van der Waals surface area contributed by atoms with Crippen molar-refractivity contribution in [1.29, 1.82) is 0 Å². The van der Waals surface area contributed by atoms with Gasteiger partial charge in [-0.3, -0.25) is 0 Å². The van der Waals surface area contributed by atoms with Gasteiger partial charge >= 0.3 is 11.9 Å². The molecule has 0 unspecified atom stereocenters. The highest BCUT2D eigenvalue weighted by Gasteiger charge is 2.49. The Morgan fingerprint density at radius 1 is 0.892 bits per heavy atom. The van der Waals surface area contributed by atoms with Gasteiger partial charge in [-0.05, 0) is 56.7 Å². The zero-order valence-corrected chi connectivity index (χ0v) is 20.7. The van der Waals surface area contributed by atoms with Crippen LogP contribution < -0.4 is 0 Å². The number of aryl methyl sites for hydroxylation is 3. The van der Waals surface area contributed by atoms with Crippen LogP contribution >= 0.6 is 0 Å². The predicted octanol–water partition coefficient (Wildman–Crippen LogP) is 3.70. The zero-order valence-electron chi connectivity index (χ0n) is 20.7. The number of carbonyl (C=O) groups is 2. The number of carbonyl (C=O) groups excluding carboxylic acids is 2. The molecule has 0 saturated carbocycles. The summed E-state index contributed by atoms with van der Waals surface area (Å²) in [7, 11) is 0. The molecule has 9 heteroatoms. The van der Waals surface area contributed by atoms with Crippen LogP contribution in [0.15, 0.2) is 66.7 Å². The smallest absolute Gasteiger partial charge is 0.338 e. The predicted molar refractivity (Wildman–Crippen MR) is 134 cm³/mol. The quantitative estimate of drug-likeness (QED) is 0.398. The summed E-state index contributed by atoms with van der Waals surface area (Å²) in [5.74, 6) is -1.18. The second kappa shape index (κ2) is 10.1. The molecule has 1 fully saturated rings. The van der Waals surface area contributed by atoms with E-state index in [-0.39, 0.29) is 6.61 Å². The van der Waals surface area contributed by atoms with E-state index in [1.54, 1.807) is 36.4 Å². The van der Waals surface area contributed by atoms with Crippen LogP contribution in [0.2, 0.25) is 0 Å². The Hall–Kier alpha value is -4.08. The lowest BCUT2D eigenvalue weighted by atomic mass is 10.1. The van der Waals surface area contributed by atoms with Crippen molar-refractivity contribution in [2.75, 3.05) is 6.61 Å². The van der Waals surface area contributed by atoms with Crippen molar-refractivity contribution in [3.8, 4) is 0 Å². The second-order valence-electron chi connectivity index (χ2n) is 9.22. The number of nitrogens with zero attached hydrogens (tertiary/aromatic N) is 3. The first-order valence-corrected chi connectivity index (χ1v) is 12.0. The molecule has 2 heterocycles. The van der Waals surface area contributed by atoms with Crippen molar-refractivity contribution in [1.82, 2.24) is 15.0 Å². The molecule has 4 aromatic rings. The maximum Gasteiger partial charge on any atom is 0.338 e. The molecule has 4 atom stereocenters. The lowest BCUT2D eigenvalue weighted by Crippen LogP contribution is -2.39. The van der Waals surface area contributed by atoms with E-state index in [1.165, 1.54) is 4.80 Å². The summed E-state index contributed by atoms with van der Waals surface area (Å²) in [6, 6.07) is 19.4. The van der Waals surface area contributed by atoms with Crippen LogP contribution in [0.3, 0.4) is 0 Å². The van der Waals surface area contributed by atoms with Gasteiger partial charge in [0.1, 0.15) is 29.8 Å². The van der Waals surface area contributed by atoms with Gasteiger partial charge in [-0.15, -0.1) is 0 Å². The van der Waals surface area contributed by atoms with E-state index in [0.29, 0.717) is 22.2 Å². The Balaban J connectivity index is 1.38. The summed E-state index contributed by atoms with van der Waals surface area (Å²) in [4.78, 5) is 26.8. The number of aromatic nitrogens is 3. The Labute approximate surface area is 213 Å². The molecule has 0 spiro atoms. The minimum atomic E-state index is -1.31. The highest BCUT2D eigenvalue weighted by atomic mass is 16.6. The van der Waals surface area contributed by atoms with Crippen LogP contribution in [-0.2, 0) is 14.2 Å². The first-order valence-electron chi connectivity index (χ1n) is 12.0. The highest BCUT2D eigenvalue weighted by Crippen LogP contribution is 2.32. The molecule has 1 saturated heterocycles. The summed E-state index contributed by atoms with van der Waals surface area (Å²) in [5, 5.41) is 20.1. The minimum Gasteiger partial charge on any atom is -0.459 e. The molecule has 5 rings (SSSR count). The Kier molecular flexibility index (Phi) is 6.73. The van der Waals surface area contributed by atoms with Gasteiger partial charge in [-0.2, -0.15) is 15.0 Å². The van der Waals surface area contributed by atoms with Gasteiger partial charge in [0, 0.05) is 0 Å². The average molecular weight is 502 g/mol. The van der Waals surface area contributed by atoms with Crippen molar-refractivity contribution in [2.45, 2.75) is 45.3 Å². The second-order valence-corrected chi connectivity index (χ2v) is 9.22. The molecule has 1 aliphatic heterocycles. The van der Waals surface area contributed by atoms with Crippen molar-refractivity contribution in [3.63, 3.8) is 0 Å². The molecule has 190 valence electrons. The van der Waals surface area contributed by atoms with Gasteiger partial charge in [0.25, 0.3) is 0 Å². The van der Waals surface area contributed by atoms with Crippen LogP contribution in [0.25, 0.3) is 11.0 Å². The number of fused-ring (bicyclic) bond motifs is 1. The molecule has 1 aliphatic rings. The summed E-state index contributed by atoms with van der Waals surface area (Å²) >= 11 is 0. The molecular formula is C28H27N3O6. The lowest BCUT2D eigenvalue weighted by molar-refractivity contribution is -0.0694. The highest BCUT2D eigenvalue weighted by molar-refractivity contribution is 5.90. The number of aliphatic hydroxyl groups is 1. The summed E-state index contributed by atoms with van der Waals surface area (Å²) in [6.45, 7) is 5.50. The third-order valence-corrected chi connectivity index (χ3v) is 6.36. The number of aliphatic hydroxyl groups excluding tert-OH is 1. The fourth-order valence-corrected chi connectivity index (χ4v) is 4.21. The average Bonchev–Trinajstić information content (AvgIpc) is 3.45. The Bertz CT molecular complexity index is 1430. The number of hydrogen-bond acceptors (Lipinski definition) is 8. The topological polar surface area (TPSA) is 113 Å². The summed E-state index contributed by atoms with van der Waals surface area (Å²) < 4.78 is 17.2. The monoisotopic (exact) mass is 501 g/mol. The first kappa shape index (κ1) is 24.6. The molecule has 0 amide bonds. The van der Waals surface area contributed by atoms with Gasteiger partial charge in [-0.1, -0.05) is 47.5 Å². The largest absolute Gasteiger partial charge is 0.459 e. The van der Waals surface area contributed by atoms with E-state index in [1.807, 2.05) is 51.1 Å². The van der Waals surface area contributed by atoms with E-state index < -0.39 is 36.5 Å². The van der Waals surface area contributed by atoms with E-state index in [9.17, 15) is 14.7 Å². The van der Waals surface area contributed by atoms with Crippen molar-refractivity contribution in [2.24, 2.45) is 0 Å². The first-order chi connectivity index (χ1) is 17.8. The molecule has 1 N–H and O–H groups in total. The third-order valence-electron chi connectivity index (χ3n) is 6.36. The molecule has 1 aromatic heterocycles. The number of hydrogen-bond donors (Lipinski definition) is 1. The number of rotatable bonds is 6. The fraction of sp³-hybridized carbons (Fsp3) is 0.286. The minimum absolute atomic E-state index is 0.244. The van der Waals surface area contributed by atoms with Crippen LogP contribution in [0.1, 0.15) is 43.6 Å². The van der Waals surface area contributed by atoms with Gasteiger partial charge in [0.05, 0.1) is 11.1 Å². The number of benzene rings is 3.